The van der Waals surface area contributed by atoms with E-state index in [9.17, 15) is 13.2 Å². The smallest absolute Gasteiger partial charge is 0.389 e. The molecule has 0 radical (unpaired) electrons. The zero-order chi connectivity index (χ0) is 14.0. The number of nitrogens with zero attached hydrogens (tertiary/aromatic N) is 2. The predicted molar refractivity (Wildman–Crippen MR) is 64.7 cm³/mol. The van der Waals surface area contributed by atoms with Crippen LogP contribution >= 0.6 is 0 Å². The van der Waals surface area contributed by atoms with Crippen LogP contribution in [0.1, 0.15) is 37.1 Å². The molecule has 0 N–H and O–H groups in total. The van der Waals surface area contributed by atoms with Gasteiger partial charge in [-0.25, -0.2) is 4.98 Å². The van der Waals surface area contributed by atoms with Gasteiger partial charge in [0, 0.05) is 19.4 Å². The Hall–Kier alpha value is -1.04. The fourth-order valence-corrected chi connectivity index (χ4v) is 2.54. The monoisotopic (exact) mass is 276 g/mol. The summed E-state index contributed by atoms with van der Waals surface area (Å²) in [5.74, 6) is 1.19. The van der Waals surface area contributed by atoms with Crippen LogP contribution in [0.3, 0.4) is 0 Å². The summed E-state index contributed by atoms with van der Waals surface area (Å²) in [7, 11) is 0. The molecule has 0 aromatic carbocycles. The minimum absolute atomic E-state index is 0.283. The summed E-state index contributed by atoms with van der Waals surface area (Å²) in [6, 6.07) is 0. The molecule has 1 atom stereocenters. The molecule has 0 spiro atoms. The van der Waals surface area contributed by atoms with Crippen LogP contribution in [0.2, 0.25) is 0 Å². The summed E-state index contributed by atoms with van der Waals surface area (Å²) in [6.07, 6.45) is -3.40. The number of alkyl halides is 3. The third-order valence-corrected chi connectivity index (χ3v) is 3.50. The normalized spacial score (nSPS) is 21.2. The van der Waals surface area contributed by atoms with Gasteiger partial charge in [-0.05, 0) is 25.8 Å². The third-order valence-electron chi connectivity index (χ3n) is 3.50. The van der Waals surface area contributed by atoms with Crippen molar-refractivity contribution in [3.63, 3.8) is 0 Å². The van der Waals surface area contributed by atoms with Gasteiger partial charge in [-0.3, -0.25) is 4.90 Å². The Bertz CT molecular complexity index is 428. The predicted octanol–water partition coefficient (Wildman–Crippen LogP) is 3.32. The van der Waals surface area contributed by atoms with Crippen molar-refractivity contribution in [2.75, 3.05) is 13.1 Å². The van der Waals surface area contributed by atoms with Gasteiger partial charge >= 0.3 is 6.18 Å². The standard InChI is InChI=1S/C13H19F3N2O/c1-3-12-17-9(2)11(19-12)8-18-5-4-10(7-18)6-13(14,15)16/h10H,3-8H2,1-2H3/t10-/m1/s1. The van der Waals surface area contributed by atoms with Gasteiger partial charge < -0.3 is 4.42 Å². The van der Waals surface area contributed by atoms with Gasteiger partial charge in [-0.1, -0.05) is 6.92 Å². The molecule has 6 heteroatoms. The molecule has 2 heterocycles. The highest BCUT2D eigenvalue weighted by atomic mass is 19.4. The first-order valence-electron chi connectivity index (χ1n) is 6.61. The van der Waals surface area contributed by atoms with E-state index < -0.39 is 12.6 Å². The minimum Gasteiger partial charge on any atom is -0.444 e. The highest BCUT2D eigenvalue weighted by molar-refractivity contribution is 5.08. The number of aryl methyl sites for hydroxylation is 2. The van der Waals surface area contributed by atoms with Crippen molar-refractivity contribution in [2.45, 2.75) is 45.8 Å². The van der Waals surface area contributed by atoms with E-state index in [0.29, 0.717) is 31.9 Å². The summed E-state index contributed by atoms with van der Waals surface area (Å²) in [5.41, 5.74) is 0.844. The van der Waals surface area contributed by atoms with Crippen molar-refractivity contribution in [1.29, 1.82) is 0 Å². The van der Waals surface area contributed by atoms with E-state index in [4.69, 9.17) is 4.42 Å². The summed E-state index contributed by atoms with van der Waals surface area (Å²) >= 11 is 0. The molecule has 1 fully saturated rings. The highest BCUT2D eigenvalue weighted by Gasteiger charge is 2.35. The Kier molecular flexibility index (Phi) is 4.18. The summed E-state index contributed by atoms with van der Waals surface area (Å²) in [5, 5.41) is 0. The van der Waals surface area contributed by atoms with E-state index in [0.717, 1.165) is 17.9 Å². The number of likely N-dealkylation sites (tertiary alicyclic amines) is 1. The van der Waals surface area contributed by atoms with Crippen LogP contribution in [0, 0.1) is 12.8 Å². The molecule has 0 unspecified atom stereocenters. The number of hydrogen-bond donors (Lipinski definition) is 0. The summed E-state index contributed by atoms with van der Waals surface area (Å²) < 4.78 is 42.6. The van der Waals surface area contributed by atoms with Crippen LogP contribution in [0.15, 0.2) is 4.42 Å². The maximum Gasteiger partial charge on any atom is 0.389 e. The molecule has 3 nitrogen and oxygen atoms in total. The fourth-order valence-electron chi connectivity index (χ4n) is 2.54. The molecule has 0 amide bonds. The molecular formula is C13H19F3N2O. The van der Waals surface area contributed by atoms with Gasteiger partial charge in [-0.15, -0.1) is 0 Å². The quantitative estimate of drug-likeness (QED) is 0.844. The molecule has 1 aliphatic rings. The lowest BCUT2D eigenvalue weighted by Crippen LogP contribution is -2.22. The maximum atomic E-state index is 12.3. The van der Waals surface area contributed by atoms with Crippen LogP contribution in [0.5, 0.6) is 0 Å². The zero-order valence-electron chi connectivity index (χ0n) is 11.3. The SMILES string of the molecule is CCc1nc(C)c(CN2CC[C@H](CC(F)(F)F)C2)o1. The van der Waals surface area contributed by atoms with Crippen LogP contribution in [0.4, 0.5) is 13.2 Å². The van der Waals surface area contributed by atoms with E-state index in [-0.39, 0.29) is 5.92 Å². The number of hydrogen-bond acceptors (Lipinski definition) is 3. The van der Waals surface area contributed by atoms with Crippen molar-refractivity contribution in [3.05, 3.63) is 17.3 Å². The molecule has 1 aliphatic heterocycles. The Morgan fingerprint density at radius 1 is 1.42 bits per heavy atom. The molecule has 1 saturated heterocycles. The van der Waals surface area contributed by atoms with Crippen molar-refractivity contribution in [2.24, 2.45) is 5.92 Å². The van der Waals surface area contributed by atoms with Crippen LogP contribution in [0.25, 0.3) is 0 Å². The summed E-state index contributed by atoms with van der Waals surface area (Å²) in [6.45, 7) is 5.59. The molecular weight excluding hydrogens is 257 g/mol. The lowest BCUT2D eigenvalue weighted by molar-refractivity contribution is -0.143. The van der Waals surface area contributed by atoms with Crippen molar-refractivity contribution >= 4 is 0 Å². The van der Waals surface area contributed by atoms with Crippen LogP contribution < -0.4 is 0 Å². The van der Waals surface area contributed by atoms with Gasteiger partial charge in [0.1, 0.15) is 5.76 Å². The van der Waals surface area contributed by atoms with Gasteiger partial charge in [0.2, 0.25) is 0 Å². The van der Waals surface area contributed by atoms with E-state index in [1.54, 1.807) is 0 Å². The number of aromatic nitrogens is 1. The average molecular weight is 276 g/mol. The molecule has 2 rings (SSSR count). The van der Waals surface area contributed by atoms with Crippen molar-refractivity contribution in [1.82, 2.24) is 9.88 Å². The first-order valence-corrected chi connectivity index (χ1v) is 6.61. The first kappa shape index (κ1) is 14.4. The maximum absolute atomic E-state index is 12.3. The Morgan fingerprint density at radius 2 is 2.16 bits per heavy atom. The molecule has 19 heavy (non-hydrogen) atoms. The largest absolute Gasteiger partial charge is 0.444 e. The molecule has 1 aromatic heterocycles. The molecule has 0 aliphatic carbocycles. The first-order chi connectivity index (χ1) is 8.87. The topological polar surface area (TPSA) is 29.3 Å². The van der Waals surface area contributed by atoms with Crippen molar-refractivity contribution < 1.29 is 17.6 Å². The lowest BCUT2D eigenvalue weighted by atomic mass is 10.1. The zero-order valence-corrected chi connectivity index (χ0v) is 11.3. The average Bonchev–Trinajstić information content (AvgIpc) is 2.85. The molecule has 0 saturated carbocycles. The Labute approximate surface area is 110 Å². The van der Waals surface area contributed by atoms with Gasteiger partial charge in [0.05, 0.1) is 12.2 Å². The Morgan fingerprint density at radius 3 is 2.74 bits per heavy atom. The molecule has 0 bridgehead atoms. The lowest BCUT2D eigenvalue weighted by Gasteiger charge is -2.15. The number of rotatable bonds is 4. The van der Waals surface area contributed by atoms with Crippen molar-refractivity contribution in [3.8, 4) is 0 Å². The second kappa shape index (κ2) is 5.53. The second-order valence-corrected chi connectivity index (χ2v) is 5.18. The van der Waals surface area contributed by atoms with Crippen LogP contribution in [-0.2, 0) is 13.0 Å². The van der Waals surface area contributed by atoms with Crippen LogP contribution in [-0.4, -0.2) is 29.1 Å². The highest BCUT2D eigenvalue weighted by Crippen LogP contribution is 2.31. The number of oxazole rings is 1. The summed E-state index contributed by atoms with van der Waals surface area (Å²) in [4.78, 5) is 6.29. The van der Waals surface area contributed by atoms with E-state index in [1.807, 2.05) is 18.7 Å². The third kappa shape index (κ3) is 3.96. The Balaban J connectivity index is 1.89. The molecule has 1 aromatic rings. The fraction of sp³-hybridized carbons (Fsp3) is 0.769. The van der Waals surface area contributed by atoms with Gasteiger partial charge in [-0.2, -0.15) is 13.2 Å². The van der Waals surface area contributed by atoms with E-state index in [1.165, 1.54) is 0 Å². The van der Waals surface area contributed by atoms with Gasteiger partial charge in [0.15, 0.2) is 5.89 Å². The minimum atomic E-state index is -4.06. The second-order valence-electron chi connectivity index (χ2n) is 5.18. The van der Waals surface area contributed by atoms with E-state index in [2.05, 4.69) is 4.98 Å². The van der Waals surface area contributed by atoms with Gasteiger partial charge in [0.25, 0.3) is 0 Å². The molecule has 108 valence electrons. The number of halogens is 3. The van der Waals surface area contributed by atoms with E-state index >= 15 is 0 Å².